The second kappa shape index (κ2) is 7.84. The van der Waals surface area contributed by atoms with Crippen molar-refractivity contribution in [3.05, 3.63) is 59.6 Å². The highest BCUT2D eigenvalue weighted by Crippen LogP contribution is 2.21. The molecule has 5 heteroatoms. The first-order valence-corrected chi connectivity index (χ1v) is 7.89. The van der Waals surface area contributed by atoms with E-state index in [1.807, 2.05) is 31.2 Å². The van der Waals surface area contributed by atoms with Crippen molar-refractivity contribution in [2.75, 3.05) is 13.2 Å². The molecule has 0 saturated heterocycles. The molecule has 24 heavy (non-hydrogen) atoms. The molecule has 2 aromatic rings. The van der Waals surface area contributed by atoms with E-state index in [0.717, 1.165) is 11.3 Å². The monoisotopic (exact) mass is 329 g/mol. The van der Waals surface area contributed by atoms with Crippen molar-refractivity contribution in [3.63, 3.8) is 0 Å². The minimum atomic E-state index is -1.25. The van der Waals surface area contributed by atoms with E-state index in [1.165, 1.54) is 6.08 Å². The molecule has 0 aliphatic rings. The van der Waals surface area contributed by atoms with Crippen molar-refractivity contribution in [2.45, 2.75) is 26.4 Å². The molecule has 1 heterocycles. The lowest BCUT2D eigenvalue weighted by Crippen LogP contribution is -2.37. The van der Waals surface area contributed by atoms with Crippen molar-refractivity contribution >= 4 is 12.0 Å². The summed E-state index contributed by atoms with van der Waals surface area (Å²) < 4.78 is 10.8. The van der Waals surface area contributed by atoms with Crippen LogP contribution in [-0.4, -0.2) is 24.2 Å². The molecule has 0 bridgehead atoms. The maximum Gasteiger partial charge on any atom is 0.244 e. The van der Waals surface area contributed by atoms with E-state index in [-0.39, 0.29) is 12.5 Å². The van der Waals surface area contributed by atoms with Crippen LogP contribution in [0.25, 0.3) is 6.08 Å². The number of hydrogen-bond acceptors (Lipinski definition) is 4. The number of nitrogens with one attached hydrogen (secondary N) is 1. The topological polar surface area (TPSA) is 71.7 Å². The number of rotatable bonds is 7. The molecule has 1 atom stereocenters. The van der Waals surface area contributed by atoms with Crippen LogP contribution in [0, 0.1) is 6.92 Å². The maximum atomic E-state index is 11.9. The lowest BCUT2D eigenvalue weighted by Gasteiger charge is -2.20. The van der Waals surface area contributed by atoms with E-state index in [4.69, 9.17) is 9.15 Å². The molecular formula is C19H23NO4. The average Bonchev–Trinajstić information content (AvgIpc) is 3.00. The molecule has 0 radical (unpaired) electrons. The summed E-state index contributed by atoms with van der Waals surface area (Å²) in [6.45, 7) is 6.01. The normalized spacial score (nSPS) is 13.7. The third-order valence-electron chi connectivity index (χ3n) is 3.50. The largest absolute Gasteiger partial charge is 0.494 e. The molecule has 1 aromatic carbocycles. The zero-order valence-corrected chi connectivity index (χ0v) is 14.2. The Balaban J connectivity index is 1.88. The Bertz CT molecular complexity index is 698. The van der Waals surface area contributed by atoms with Gasteiger partial charge in [-0.1, -0.05) is 12.1 Å². The van der Waals surface area contributed by atoms with E-state index in [0.29, 0.717) is 18.1 Å². The molecule has 128 valence electrons. The molecule has 1 amide bonds. The molecule has 1 aromatic heterocycles. The standard InChI is InChI=1S/C19H23NO4/c1-4-23-16-9-6-15(7-10-16)8-12-18(21)20-13-19(3,22)17-11-5-14(2)24-17/h5-12,22H,4,13H2,1-3H3,(H,20,21). The highest BCUT2D eigenvalue weighted by atomic mass is 16.5. The van der Waals surface area contributed by atoms with Gasteiger partial charge in [-0.3, -0.25) is 4.79 Å². The van der Waals surface area contributed by atoms with Crippen LogP contribution in [0.1, 0.15) is 30.9 Å². The number of amides is 1. The molecule has 0 aliphatic heterocycles. The number of furan rings is 1. The van der Waals surface area contributed by atoms with Crippen LogP contribution < -0.4 is 10.1 Å². The highest BCUT2D eigenvalue weighted by Gasteiger charge is 2.27. The fourth-order valence-electron chi connectivity index (χ4n) is 2.14. The van der Waals surface area contributed by atoms with Crippen molar-refractivity contribution in [1.29, 1.82) is 0 Å². The zero-order valence-electron chi connectivity index (χ0n) is 14.2. The number of benzene rings is 1. The van der Waals surface area contributed by atoms with E-state index in [9.17, 15) is 9.90 Å². The number of carbonyl (C=O) groups is 1. The van der Waals surface area contributed by atoms with Crippen LogP contribution >= 0.6 is 0 Å². The van der Waals surface area contributed by atoms with E-state index < -0.39 is 5.60 Å². The zero-order chi connectivity index (χ0) is 17.6. The summed E-state index contributed by atoms with van der Waals surface area (Å²) in [5.74, 6) is 1.65. The lowest BCUT2D eigenvalue weighted by atomic mass is 10.0. The summed E-state index contributed by atoms with van der Waals surface area (Å²) in [6, 6.07) is 10.9. The van der Waals surface area contributed by atoms with Gasteiger partial charge in [0.05, 0.1) is 13.2 Å². The molecule has 0 spiro atoms. The van der Waals surface area contributed by atoms with Gasteiger partial charge in [0.25, 0.3) is 0 Å². The molecule has 0 fully saturated rings. The van der Waals surface area contributed by atoms with Crippen LogP contribution in [0.3, 0.4) is 0 Å². The molecule has 0 aliphatic carbocycles. The predicted molar refractivity (Wildman–Crippen MR) is 92.7 cm³/mol. The first-order chi connectivity index (χ1) is 11.4. The minimum absolute atomic E-state index is 0.0619. The highest BCUT2D eigenvalue weighted by molar-refractivity contribution is 5.91. The van der Waals surface area contributed by atoms with Gasteiger partial charge in [-0.15, -0.1) is 0 Å². The molecule has 1 unspecified atom stereocenters. The Morgan fingerprint density at radius 2 is 2.00 bits per heavy atom. The maximum absolute atomic E-state index is 11.9. The van der Waals surface area contributed by atoms with Crippen LogP contribution in [0.15, 0.2) is 46.9 Å². The van der Waals surface area contributed by atoms with E-state index in [1.54, 1.807) is 32.1 Å². The SMILES string of the molecule is CCOc1ccc(C=CC(=O)NCC(C)(O)c2ccc(C)o2)cc1. The van der Waals surface area contributed by atoms with Crippen molar-refractivity contribution in [1.82, 2.24) is 5.32 Å². The Labute approximate surface area is 141 Å². The Morgan fingerprint density at radius 1 is 1.29 bits per heavy atom. The predicted octanol–water partition coefficient (Wildman–Crippen LogP) is 3.02. The summed E-state index contributed by atoms with van der Waals surface area (Å²) in [5, 5.41) is 13.0. The fourth-order valence-corrected chi connectivity index (χ4v) is 2.14. The summed E-state index contributed by atoms with van der Waals surface area (Å²) in [6.07, 6.45) is 3.13. The van der Waals surface area contributed by atoms with Gasteiger partial charge in [0.15, 0.2) is 0 Å². The van der Waals surface area contributed by atoms with E-state index >= 15 is 0 Å². The van der Waals surface area contributed by atoms with Gasteiger partial charge < -0.3 is 19.6 Å². The van der Waals surface area contributed by atoms with Gasteiger partial charge in [-0.25, -0.2) is 0 Å². The molecule has 0 saturated carbocycles. The van der Waals surface area contributed by atoms with Gasteiger partial charge in [0, 0.05) is 6.08 Å². The Hall–Kier alpha value is -2.53. The minimum Gasteiger partial charge on any atom is -0.494 e. The Kier molecular flexibility index (Phi) is 5.82. The molecule has 2 N–H and O–H groups in total. The quantitative estimate of drug-likeness (QED) is 0.766. The fraction of sp³-hybridized carbons (Fsp3) is 0.316. The van der Waals surface area contributed by atoms with Crippen molar-refractivity contribution in [3.8, 4) is 5.75 Å². The second-order valence-corrected chi connectivity index (χ2v) is 5.74. The molecule has 2 rings (SSSR count). The van der Waals surface area contributed by atoms with Gasteiger partial charge in [-0.2, -0.15) is 0 Å². The van der Waals surface area contributed by atoms with Gasteiger partial charge in [0.2, 0.25) is 5.91 Å². The van der Waals surface area contributed by atoms with Crippen molar-refractivity contribution < 1.29 is 19.1 Å². The summed E-state index contributed by atoms with van der Waals surface area (Å²) >= 11 is 0. The van der Waals surface area contributed by atoms with Gasteiger partial charge in [-0.05, 0) is 56.7 Å². The average molecular weight is 329 g/mol. The number of carbonyl (C=O) groups excluding carboxylic acids is 1. The summed E-state index contributed by atoms with van der Waals surface area (Å²) in [5.41, 5.74) is -0.362. The molecular weight excluding hydrogens is 306 g/mol. The number of aryl methyl sites for hydroxylation is 1. The van der Waals surface area contributed by atoms with Crippen LogP contribution in [0.5, 0.6) is 5.75 Å². The van der Waals surface area contributed by atoms with Crippen LogP contribution in [0.2, 0.25) is 0 Å². The lowest BCUT2D eigenvalue weighted by molar-refractivity contribution is -0.117. The third-order valence-corrected chi connectivity index (χ3v) is 3.50. The first kappa shape index (κ1) is 17.8. The molecule has 5 nitrogen and oxygen atoms in total. The van der Waals surface area contributed by atoms with Crippen molar-refractivity contribution in [2.24, 2.45) is 0 Å². The first-order valence-electron chi connectivity index (χ1n) is 7.89. The Morgan fingerprint density at radius 3 is 2.58 bits per heavy atom. The second-order valence-electron chi connectivity index (χ2n) is 5.74. The number of hydrogen-bond donors (Lipinski definition) is 2. The van der Waals surface area contributed by atoms with Crippen LogP contribution in [-0.2, 0) is 10.4 Å². The smallest absolute Gasteiger partial charge is 0.244 e. The summed E-state index contributed by atoms with van der Waals surface area (Å²) in [7, 11) is 0. The van der Waals surface area contributed by atoms with Gasteiger partial charge >= 0.3 is 0 Å². The van der Waals surface area contributed by atoms with Gasteiger partial charge in [0.1, 0.15) is 22.9 Å². The van der Waals surface area contributed by atoms with E-state index in [2.05, 4.69) is 5.32 Å². The van der Waals surface area contributed by atoms with Crippen LogP contribution in [0.4, 0.5) is 0 Å². The third kappa shape index (κ3) is 4.99. The number of ether oxygens (including phenoxy) is 1. The summed E-state index contributed by atoms with van der Waals surface area (Å²) in [4.78, 5) is 11.9. The number of aliphatic hydroxyl groups is 1.